The minimum Gasteiger partial charge on any atom is -0.475 e. The number of carbonyl (C=O) groups excluding carboxylic acids is 1. The van der Waals surface area contributed by atoms with Crippen molar-refractivity contribution < 1.29 is 52.1 Å². The number of benzene rings is 1. The van der Waals surface area contributed by atoms with E-state index in [2.05, 4.69) is 9.47 Å². The van der Waals surface area contributed by atoms with Crippen LogP contribution in [0.5, 0.6) is 5.75 Å². The topological polar surface area (TPSA) is 107 Å². The molecule has 1 aliphatic heterocycles. The Labute approximate surface area is 180 Å². The second-order valence-corrected chi connectivity index (χ2v) is 6.95. The average Bonchev–Trinajstić information content (AvgIpc) is 2.63. The summed E-state index contributed by atoms with van der Waals surface area (Å²) in [6.45, 7) is 0.0533. The molecule has 1 heterocycles. The number of fused-ring (bicyclic) bond motifs is 1. The van der Waals surface area contributed by atoms with E-state index in [4.69, 9.17) is 31.1 Å². The Morgan fingerprint density at radius 1 is 1.35 bits per heavy atom. The maximum absolute atomic E-state index is 13.4. The van der Waals surface area contributed by atoms with Crippen LogP contribution in [0.1, 0.15) is 18.1 Å². The smallest absolute Gasteiger partial charge is 0.430 e. The molecule has 1 aromatic rings. The Bertz CT molecular complexity index is 818. The van der Waals surface area contributed by atoms with E-state index in [1.807, 2.05) is 0 Å². The molecule has 2 unspecified atom stereocenters. The van der Waals surface area contributed by atoms with Gasteiger partial charge in [-0.25, -0.2) is 4.79 Å². The lowest BCUT2D eigenvalue weighted by Crippen LogP contribution is -2.41. The van der Waals surface area contributed by atoms with E-state index in [0.29, 0.717) is 10.8 Å². The summed E-state index contributed by atoms with van der Waals surface area (Å²) in [5.41, 5.74) is -0.257. The Morgan fingerprint density at radius 3 is 2.65 bits per heavy atom. The van der Waals surface area contributed by atoms with Crippen molar-refractivity contribution in [3.8, 4) is 5.75 Å². The first-order chi connectivity index (χ1) is 14.4. The van der Waals surface area contributed by atoms with Gasteiger partial charge in [-0.05, 0) is 37.6 Å². The van der Waals surface area contributed by atoms with Crippen molar-refractivity contribution in [3.05, 3.63) is 33.9 Å². The average molecular weight is 472 g/mol. The molecule has 0 saturated carbocycles. The molecular formula is C18H21ClF3NO8. The van der Waals surface area contributed by atoms with Crippen LogP contribution in [0.4, 0.5) is 13.2 Å². The van der Waals surface area contributed by atoms with Gasteiger partial charge in [0.15, 0.2) is 6.79 Å². The molecule has 1 aromatic carbocycles. The van der Waals surface area contributed by atoms with Gasteiger partial charge in [0.05, 0.1) is 12.2 Å². The van der Waals surface area contributed by atoms with Crippen molar-refractivity contribution in [3.63, 3.8) is 0 Å². The molecule has 0 bridgehead atoms. The highest BCUT2D eigenvalue weighted by atomic mass is 35.5. The normalized spacial score (nSPS) is 18.1. The summed E-state index contributed by atoms with van der Waals surface area (Å²) in [6.07, 6.45) is -7.13. The van der Waals surface area contributed by atoms with Crippen LogP contribution < -0.4 is 4.74 Å². The van der Waals surface area contributed by atoms with Crippen LogP contribution in [-0.4, -0.2) is 66.8 Å². The molecular weight excluding hydrogens is 451 g/mol. The van der Waals surface area contributed by atoms with Crippen LogP contribution in [-0.2, 0) is 23.8 Å². The fraction of sp³-hybridized carbons (Fsp3) is 0.500. The largest absolute Gasteiger partial charge is 0.475 e. The van der Waals surface area contributed by atoms with Crippen molar-refractivity contribution in [2.75, 3.05) is 20.4 Å². The molecule has 0 saturated heterocycles. The van der Waals surface area contributed by atoms with Gasteiger partial charge < -0.3 is 19.3 Å². The van der Waals surface area contributed by atoms with Crippen molar-refractivity contribution in [1.82, 2.24) is 5.23 Å². The molecule has 0 amide bonds. The second-order valence-electron chi connectivity index (χ2n) is 6.52. The molecule has 1 aliphatic rings. The molecule has 0 aromatic heterocycles. The van der Waals surface area contributed by atoms with E-state index in [1.54, 1.807) is 0 Å². The number of hydrogen-bond donors (Lipinski definition) is 2. The molecule has 0 radical (unpaired) electrons. The number of halogens is 4. The van der Waals surface area contributed by atoms with Gasteiger partial charge in [-0.1, -0.05) is 16.8 Å². The van der Waals surface area contributed by atoms with Gasteiger partial charge in [0.1, 0.15) is 11.9 Å². The number of aliphatic hydroxyl groups is 1. The maximum Gasteiger partial charge on any atom is 0.430 e. The third kappa shape index (κ3) is 7.31. The SMILES string of the molecule is Cc1cc(Cl)cc2c1O[C@H](C(F)(F)F)C(C(=O)OCOC(O)OCC(C)ON(C)O)=C2. The molecule has 13 heteroatoms. The Morgan fingerprint density at radius 2 is 2.03 bits per heavy atom. The Hall–Kier alpha value is -1.93. The lowest BCUT2D eigenvalue weighted by molar-refractivity contribution is -0.359. The molecule has 9 nitrogen and oxygen atoms in total. The first-order valence-electron chi connectivity index (χ1n) is 8.81. The molecule has 3 atom stereocenters. The first kappa shape index (κ1) is 25.3. The van der Waals surface area contributed by atoms with Crippen molar-refractivity contribution >= 4 is 23.6 Å². The maximum atomic E-state index is 13.4. The summed E-state index contributed by atoms with van der Waals surface area (Å²) in [7, 11) is 1.22. The lowest BCUT2D eigenvalue weighted by Gasteiger charge is -2.29. The Kier molecular flexibility index (Phi) is 8.65. The highest BCUT2D eigenvalue weighted by molar-refractivity contribution is 6.30. The van der Waals surface area contributed by atoms with Crippen LogP contribution in [0.15, 0.2) is 17.7 Å². The van der Waals surface area contributed by atoms with Gasteiger partial charge in [0.25, 0.3) is 6.48 Å². The Balaban J connectivity index is 2.00. The summed E-state index contributed by atoms with van der Waals surface area (Å²) in [5, 5.41) is 19.1. The zero-order valence-corrected chi connectivity index (χ0v) is 17.4. The minimum atomic E-state index is -4.89. The lowest BCUT2D eigenvalue weighted by atomic mass is 9.99. The molecule has 174 valence electrons. The third-order valence-electron chi connectivity index (χ3n) is 3.84. The van der Waals surface area contributed by atoms with E-state index in [-0.39, 0.29) is 22.9 Å². The number of hydroxylamine groups is 2. The second kappa shape index (κ2) is 10.6. The summed E-state index contributed by atoms with van der Waals surface area (Å²) in [6, 6.07) is 2.79. The number of nitrogens with zero attached hydrogens (tertiary/aromatic N) is 1. The van der Waals surface area contributed by atoms with Gasteiger partial charge in [0, 0.05) is 17.6 Å². The summed E-state index contributed by atoms with van der Waals surface area (Å²) in [5.74, 6) is -1.41. The van der Waals surface area contributed by atoms with Gasteiger partial charge in [-0.15, -0.1) is 0 Å². The number of alkyl halides is 3. The zero-order valence-electron chi connectivity index (χ0n) is 16.7. The predicted octanol–water partition coefficient (Wildman–Crippen LogP) is 2.81. The van der Waals surface area contributed by atoms with Crippen LogP contribution >= 0.6 is 11.6 Å². The summed E-state index contributed by atoms with van der Waals surface area (Å²) < 4.78 is 59.5. The standard InChI is InChI=1S/C18H21ClF3NO8/c1-9-4-12(19)5-11-6-13(15(18(20,21)22)30-14(9)11)16(24)28-8-29-17(25)27-7-10(2)31-23(3)26/h4-6,10,15,17,25-26H,7-8H2,1-3H3/t10?,15-,17?/m0/s1. The third-order valence-corrected chi connectivity index (χ3v) is 4.06. The first-order valence-corrected chi connectivity index (χ1v) is 9.19. The monoisotopic (exact) mass is 471 g/mol. The van der Waals surface area contributed by atoms with E-state index in [1.165, 1.54) is 33.0 Å². The minimum absolute atomic E-state index is 0.0480. The number of aliphatic hydroxyl groups excluding tert-OH is 1. The van der Waals surface area contributed by atoms with E-state index >= 15 is 0 Å². The molecule has 0 fully saturated rings. The zero-order chi connectivity index (χ0) is 23.3. The van der Waals surface area contributed by atoms with Crippen molar-refractivity contribution in [2.24, 2.45) is 0 Å². The molecule has 2 rings (SSSR count). The number of esters is 1. The molecule has 0 spiro atoms. The van der Waals surface area contributed by atoms with Crippen LogP contribution in [0, 0.1) is 6.92 Å². The summed E-state index contributed by atoms with van der Waals surface area (Å²) in [4.78, 5) is 17.0. The van der Waals surface area contributed by atoms with Crippen LogP contribution in [0.25, 0.3) is 6.08 Å². The van der Waals surface area contributed by atoms with Crippen LogP contribution in [0.2, 0.25) is 5.02 Å². The number of rotatable bonds is 9. The highest BCUT2D eigenvalue weighted by Crippen LogP contribution is 2.40. The molecule has 31 heavy (non-hydrogen) atoms. The van der Waals surface area contributed by atoms with Gasteiger partial charge in [0.2, 0.25) is 6.10 Å². The van der Waals surface area contributed by atoms with E-state index < -0.39 is 43.2 Å². The summed E-state index contributed by atoms with van der Waals surface area (Å²) >= 11 is 5.92. The fourth-order valence-electron chi connectivity index (χ4n) is 2.64. The molecule has 2 N–H and O–H groups in total. The number of carbonyl (C=O) groups is 1. The van der Waals surface area contributed by atoms with Crippen molar-refractivity contribution in [1.29, 1.82) is 0 Å². The number of aryl methyl sites for hydroxylation is 1. The molecule has 0 aliphatic carbocycles. The van der Waals surface area contributed by atoms with E-state index in [9.17, 15) is 23.1 Å². The van der Waals surface area contributed by atoms with Gasteiger partial charge >= 0.3 is 12.1 Å². The number of hydrogen-bond acceptors (Lipinski definition) is 9. The van der Waals surface area contributed by atoms with Gasteiger partial charge in [-0.2, -0.15) is 13.2 Å². The fourth-order valence-corrected chi connectivity index (χ4v) is 2.92. The van der Waals surface area contributed by atoms with Gasteiger partial charge in [-0.3, -0.25) is 14.8 Å². The van der Waals surface area contributed by atoms with Crippen molar-refractivity contribution in [2.45, 2.75) is 38.7 Å². The predicted molar refractivity (Wildman–Crippen MR) is 98.7 cm³/mol. The number of ether oxygens (including phenoxy) is 4. The quantitative estimate of drug-likeness (QED) is 0.319. The van der Waals surface area contributed by atoms with Crippen LogP contribution in [0.3, 0.4) is 0 Å². The van der Waals surface area contributed by atoms with E-state index in [0.717, 1.165) is 6.08 Å². The highest BCUT2D eigenvalue weighted by Gasteiger charge is 2.49.